The van der Waals surface area contributed by atoms with Gasteiger partial charge in [-0.25, -0.2) is 4.98 Å². The zero-order valence-electron chi connectivity index (χ0n) is 10.6. The largest absolute Gasteiger partial charge is 0.368 e. The van der Waals surface area contributed by atoms with Crippen molar-refractivity contribution in [3.05, 3.63) is 21.7 Å². The van der Waals surface area contributed by atoms with Crippen LogP contribution in [0, 0.1) is 11.6 Å². The van der Waals surface area contributed by atoms with Gasteiger partial charge in [-0.3, -0.25) is 0 Å². The fourth-order valence-electron chi connectivity index (χ4n) is 2.05. The number of rotatable bonds is 2. The first-order valence-corrected chi connectivity index (χ1v) is 6.42. The average molecular weight is 253 g/mol. The lowest BCUT2D eigenvalue weighted by atomic mass is 10.2. The summed E-state index contributed by atoms with van der Waals surface area (Å²) in [7, 11) is 2.10. The summed E-state index contributed by atoms with van der Waals surface area (Å²) in [6, 6.07) is 0. The summed E-state index contributed by atoms with van der Waals surface area (Å²) in [5, 5.41) is 0. The molecule has 1 fully saturated rings. The van der Waals surface area contributed by atoms with Gasteiger partial charge in [0.05, 0.1) is 6.61 Å². The van der Waals surface area contributed by atoms with Gasteiger partial charge in [0, 0.05) is 24.3 Å². The number of H-pyrrole nitrogens is 1. The molecule has 4 nitrogen and oxygen atoms in total. The Morgan fingerprint density at radius 1 is 1.59 bits per heavy atom. The molecule has 0 saturated carbocycles. The first-order valence-electron chi connectivity index (χ1n) is 6.01. The number of hydrogen-bond donors (Lipinski definition) is 1. The van der Waals surface area contributed by atoms with Crippen molar-refractivity contribution in [1.82, 2.24) is 14.9 Å². The predicted octanol–water partition coefficient (Wildman–Crippen LogP) is 2.01. The van der Waals surface area contributed by atoms with Crippen LogP contribution in [0.3, 0.4) is 0 Å². The van der Waals surface area contributed by atoms with E-state index in [9.17, 15) is 0 Å². The average Bonchev–Trinajstić information content (AvgIpc) is 2.32. The van der Waals surface area contributed by atoms with Crippen molar-refractivity contribution >= 4 is 12.2 Å². The van der Waals surface area contributed by atoms with Gasteiger partial charge in [-0.1, -0.05) is 19.1 Å². The van der Waals surface area contributed by atoms with E-state index in [0.717, 1.165) is 43.2 Å². The minimum Gasteiger partial charge on any atom is -0.368 e. The van der Waals surface area contributed by atoms with Crippen molar-refractivity contribution in [3.8, 4) is 0 Å². The van der Waals surface area contributed by atoms with Crippen LogP contribution in [0.1, 0.15) is 30.1 Å². The Bertz CT molecular complexity index is 458. The Hall–Kier alpha value is -0.780. The highest BCUT2D eigenvalue weighted by atomic mass is 32.1. The van der Waals surface area contributed by atoms with Crippen LogP contribution in [0.15, 0.2) is 0 Å². The molecule has 2 rings (SSSR count). The summed E-state index contributed by atoms with van der Waals surface area (Å²) < 4.78 is 6.43. The number of morpholine rings is 1. The predicted molar refractivity (Wildman–Crippen MR) is 69.7 cm³/mol. The maximum atomic E-state index is 5.75. The highest BCUT2D eigenvalue weighted by Gasteiger charge is 2.22. The summed E-state index contributed by atoms with van der Waals surface area (Å²) in [5.74, 6) is 0.865. The van der Waals surface area contributed by atoms with Crippen molar-refractivity contribution in [2.75, 3.05) is 26.7 Å². The number of aromatic amines is 1. The number of likely N-dealkylation sites (N-methyl/N-ethyl adjacent to an activating group) is 1. The lowest BCUT2D eigenvalue weighted by molar-refractivity contribution is -0.0256. The molecule has 1 aliphatic heterocycles. The molecule has 5 heteroatoms. The molecule has 0 spiro atoms. The van der Waals surface area contributed by atoms with E-state index in [1.54, 1.807) is 0 Å². The van der Waals surface area contributed by atoms with Crippen LogP contribution in [0.25, 0.3) is 0 Å². The van der Waals surface area contributed by atoms with Crippen molar-refractivity contribution < 1.29 is 4.74 Å². The summed E-state index contributed by atoms with van der Waals surface area (Å²) in [5.41, 5.74) is 2.24. The van der Waals surface area contributed by atoms with Crippen molar-refractivity contribution in [2.45, 2.75) is 26.4 Å². The Morgan fingerprint density at radius 2 is 2.35 bits per heavy atom. The van der Waals surface area contributed by atoms with E-state index >= 15 is 0 Å². The lowest BCUT2D eigenvalue weighted by Gasteiger charge is -2.29. The molecule has 1 aromatic rings. The molecule has 1 aliphatic rings. The van der Waals surface area contributed by atoms with Crippen LogP contribution in [-0.2, 0) is 11.2 Å². The quantitative estimate of drug-likeness (QED) is 0.819. The normalized spacial score (nSPS) is 21.7. The van der Waals surface area contributed by atoms with Gasteiger partial charge in [0.1, 0.15) is 16.6 Å². The van der Waals surface area contributed by atoms with E-state index < -0.39 is 0 Å². The molecule has 0 amide bonds. The van der Waals surface area contributed by atoms with Crippen molar-refractivity contribution in [2.24, 2.45) is 0 Å². The van der Waals surface area contributed by atoms with E-state index in [-0.39, 0.29) is 6.10 Å². The van der Waals surface area contributed by atoms with Gasteiger partial charge in [0.2, 0.25) is 0 Å². The first kappa shape index (κ1) is 12.7. The van der Waals surface area contributed by atoms with Gasteiger partial charge in [-0.05, 0) is 20.4 Å². The van der Waals surface area contributed by atoms with Crippen molar-refractivity contribution in [3.63, 3.8) is 0 Å². The monoisotopic (exact) mass is 253 g/mol. The van der Waals surface area contributed by atoms with Gasteiger partial charge in [0.25, 0.3) is 0 Å². The summed E-state index contributed by atoms with van der Waals surface area (Å²) in [4.78, 5) is 10.1. The molecular weight excluding hydrogens is 234 g/mol. The molecule has 1 saturated heterocycles. The molecule has 1 atom stereocenters. The van der Waals surface area contributed by atoms with Crippen LogP contribution < -0.4 is 0 Å². The van der Waals surface area contributed by atoms with Gasteiger partial charge < -0.3 is 14.6 Å². The van der Waals surface area contributed by atoms with Crippen LogP contribution in [-0.4, -0.2) is 41.6 Å². The fraction of sp³-hybridized carbons (Fsp3) is 0.667. The maximum absolute atomic E-state index is 5.75. The molecule has 1 N–H and O–H groups in total. The SMILES string of the molecule is CCc1[nH]c(C2CN(C)CCO2)nc(=S)c1C. The molecule has 0 aromatic carbocycles. The van der Waals surface area contributed by atoms with Gasteiger partial charge >= 0.3 is 0 Å². The third kappa shape index (κ3) is 2.73. The summed E-state index contributed by atoms with van der Waals surface area (Å²) in [6.07, 6.45) is 0.953. The van der Waals surface area contributed by atoms with E-state index in [4.69, 9.17) is 17.0 Å². The standard InChI is InChI=1S/C12H19N3OS/c1-4-9-8(2)12(17)14-11(13-9)10-7-15(3)5-6-16-10/h10H,4-7H2,1-3H3,(H,13,14,17). The summed E-state index contributed by atoms with van der Waals surface area (Å²) >= 11 is 5.29. The minimum absolute atomic E-state index is 0.0151. The number of hydrogen-bond acceptors (Lipinski definition) is 4. The number of aryl methyl sites for hydroxylation is 1. The maximum Gasteiger partial charge on any atom is 0.138 e. The van der Waals surface area contributed by atoms with Gasteiger partial charge in [-0.15, -0.1) is 0 Å². The van der Waals surface area contributed by atoms with Crippen LogP contribution in [0.2, 0.25) is 0 Å². The van der Waals surface area contributed by atoms with Gasteiger partial charge in [-0.2, -0.15) is 0 Å². The Balaban J connectivity index is 2.32. The zero-order valence-corrected chi connectivity index (χ0v) is 11.4. The van der Waals surface area contributed by atoms with Crippen LogP contribution in [0.4, 0.5) is 0 Å². The van der Waals surface area contributed by atoms with Gasteiger partial charge in [0.15, 0.2) is 0 Å². The highest BCUT2D eigenvalue weighted by molar-refractivity contribution is 7.71. The Morgan fingerprint density at radius 3 is 3.00 bits per heavy atom. The van der Waals surface area contributed by atoms with E-state index in [2.05, 4.69) is 28.8 Å². The molecule has 0 bridgehead atoms. The molecule has 1 unspecified atom stereocenters. The highest BCUT2D eigenvalue weighted by Crippen LogP contribution is 2.19. The minimum atomic E-state index is 0.0151. The van der Waals surface area contributed by atoms with E-state index in [0.29, 0.717) is 4.64 Å². The molecule has 0 aliphatic carbocycles. The second kappa shape index (κ2) is 5.25. The lowest BCUT2D eigenvalue weighted by Crippen LogP contribution is -2.36. The number of ether oxygens (including phenoxy) is 1. The molecule has 94 valence electrons. The number of nitrogens with zero attached hydrogens (tertiary/aromatic N) is 2. The Kier molecular flexibility index (Phi) is 3.91. The smallest absolute Gasteiger partial charge is 0.138 e. The van der Waals surface area contributed by atoms with Crippen LogP contribution in [0.5, 0.6) is 0 Å². The van der Waals surface area contributed by atoms with Crippen molar-refractivity contribution in [1.29, 1.82) is 0 Å². The molecule has 1 aromatic heterocycles. The molecule has 0 radical (unpaired) electrons. The zero-order chi connectivity index (χ0) is 12.4. The molecular formula is C12H19N3OS. The second-order valence-electron chi connectivity index (χ2n) is 4.51. The molecule has 2 heterocycles. The number of nitrogens with one attached hydrogen (secondary N) is 1. The number of aromatic nitrogens is 2. The third-order valence-electron chi connectivity index (χ3n) is 3.20. The molecule has 17 heavy (non-hydrogen) atoms. The van der Waals surface area contributed by atoms with E-state index in [1.165, 1.54) is 0 Å². The van der Waals surface area contributed by atoms with Crippen LogP contribution >= 0.6 is 12.2 Å². The van der Waals surface area contributed by atoms with E-state index in [1.807, 2.05) is 6.92 Å². The Labute approximate surface area is 107 Å². The third-order valence-corrected chi connectivity index (χ3v) is 3.60. The fourth-order valence-corrected chi connectivity index (χ4v) is 2.27. The second-order valence-corrected chi connectivity index (χ2v) is 4.89. The first-order chi connectivity index (χ1) is 8.11. The topological polar surface area (TPSA) is 41.2 Å². The summed E-state index contributed by atoms with van der Waals surface area (Å²) in [6.45, 7) is 6.72.